The van der Waals surface area contributed by atoms with Gasteiger partial charge in [0.05, 0.1) is 6.20 Å². The van der Waals surface area contributed by atoms with Crippen molar-refractivity contribution in [3.63, 3.8) is 0 Å². The summed E-state index contributed by atoms with van der Waals surface area (Å²) in [6, 6.07) is 1.18. The van der Waals surface area contributed by atoms with Crippen LogP contribution in [-0.4, -0.2) is 27.3 Å². The Bertz CT molecular complexity index is 268. The number of hydrogen-bond donors (Lipinski definition) is 3. The Hall–Kier alpha value is -0.775. The zero-order valence-electron chi connectivity index (χ0n) is 5.40. The quantitative estimate of drug-likeness (QED) is 0.381. The van der Waals surface area contributed by atoms with Crippen molar-refractivity contribution in [1.82, 2.24) is 4.98 Å². The predicted octanol–water partition coefficient (Wildman–Crippen LogP) is -0.880. The highest BCUT2D eigenvalue weighted by Crippen LogP contribution is 2.07. The predicted molar refractivity (Wildman–Crippen MR) is 40.7 cm³/mol. The lowest BCUT2D eigenvalue weighted by atomic mass is 9.80. The summed E-state index contributed by atoms with van der Waals surface area (Å²) >= 11 is 5.42. The van der Waals surface area contributed by atoms with Crippen molar-refractivity contribution in [2.75, 3.05) is 0 Å². The van der Waals surface area contributed by atoms with Gasteiger partial charge < -0.3 is 15.2 Å². The van der Waals surface area contributed by atoms with Crippen LogP contribution in [0.3, 0.4) is 0 Å². The Morgan fingerprint density at radius 2 is 2.09 bits per heavy atom. The van der Waals surface area contributed by atoms with Crippen LogP contribution in [0.5, 0.6) is 5.75 Å². The minimum atomic E-state index is -1.73. The summed E-state index contributed by atoms with van der Waals surface area (Å²) in [5.41, 5.74) is -0.0509. The van der Waals surface area contributed by atoms with Crippen LogP contribution in [0.15, 0.2) is 12.3 Å². The second-order valence-electron chi connectivity index (χ2n) is 1.94. The number of aromatic nitrogens is 1. The molecule has 6 heteroatoms. The van der Waals surface area contributed by atoms with Crippen molar-refractivity contribution in [2.24, 2.45) is 0 Å². The fourth-order valence-electron chi connectivity index (χ4n) is 0.644. The van der Waals surface area contributed by atoms with Crippen LogP contribution in [0.1, 0.15) is 0 Å². The van der Waals surface area contributed by atoms with E-state index in [4.69, 9.17) is 26.8 Å². The Morgan fingerprint density at radius 3 is 2.55 bits per heavy atom. The molecule has 3 N–H and O–H groups in total. The fraction of sp³-hybridized carbons (Fsp3) is 0. The molecule has 4 nitrogen and oxygen atoms in total. The molecule has 11 heavy (non-hydrogen) atoms. The van der Waals surface area contributed by atoms with E-state index in [0.717, 1.165) is 6.20 Å². The van der Waals surface area contributed by atoms with Crippen molar-refractivity contribution < 1.29 is 15.2 Å². The number of hydrogen-bond acceptors (Lipinski definition) is 4. The minimum absolute atomic E-state index is 0.0509. The molecule has 1 aromatic heterocycles. The highest BCUT2D eigenvalue weighted by atomic mass is 35.5. The van der Waals surface area contributed by atoms with Crippen LogP contribution in [0, 0.1) is 0 Å². The fourth-order valence-corrected chi connectivity index (χ4v) is 0.810. The zero-order valence-corrected chi connectivity index (χ0v) is 6.15. The van der Waals surface area contributed by atoms with Crippen molar-refractivity contribution in [3.8, 4) is 5.75 Å². The molecule has 0 unspecified atom stereocenters. The van der Waals surface area contributed by atoms with E-state index in [1.165, 1.54) is 6.07 Å². The number of rotatable bonds is 1. The Balaban J connectivity index is 3.13. The van der Waals surface area contributed by atoms with Gasteiger partial charge in [-0.2, -0.15) is 0 Å². The number of pyridine rings is 1. The standard InChI is InChI=1S/C5H5BClNO3/c7-5-1-3(6(10)11)4(9)2-8-5/h1-2,9-11H. The molecule has 0 aromatic carbocycles. The van der Waals surface area contributed by atoms with Crippen LogP contribution < -0.4 is 5.46 Å². The third-order valence-corrected chi connectivity index (χ3v) is 1.37. The van der Waals surface area contributed by atoms with Gasteiger partial charge in [0.2, 0.25) is 0 Å². The normalized spacial score (nSPS) is 9.73. The maximum Gasteiger partial charge on any atom is 0.492 e. The molecular weight excluding hydrogens is 168 g/mol. The Labute approximate surface area is 68.2 Å². The van der Waals surface area contributed by atoms with Gasteiger partial charge in [0.15, 0.2) is 0 Å². The average molecular weight is 173 g/mol. The van der Waals surface area contributed by atoms with Crippen LogP contribution >= 0.6 is 11.6 Å². The van der Waals surface area contributed by atoms with E-state index in [1.54, 1.807) is 0 Å². The molecule has 0 fully saturated rings. The van der Waals surface area contributed by atoms with E-state index in [2.05, 4.69) is 4.98 Å². The van der Waals surface area contributed by atoms with Crippen LogP contribution in [0.25, 0.3) is 0 Å². The highest BCUT2D eigenvalue weighted by Gasteiger charge is 2.16. The molecule has 0 bridgehead atoms. The van der Waals surface area contributed by atoms with E-state index in [0.29, 0.717) is 0 Å². The SMILES string of the molecule is OB(O)c1cc(Cl)ncc1O. The first-order chi connectivity index (χ1) is 5.11. The topological polar surface area (TPSA) is 73.6 Å². The third-order valence-electron chi connectivity index (χ3n) is 1.16. The largest absolute Gasteiger partial charge is 0.507 e. The second kappa shape index (κ2) is 3.08. The maximum atomic E-state index is 8.96. The van der Waals surface area contributed by atoms with Gasteiger partial charge in [-0.25, -0.2) is 4.98 Å². The smallest absolute Gasteiger partial charge is 0.492 e. The highest BCUT2D eigenvalue weighted by molar-refractivity contribution is 6.60. The molecule has 1 heterocycles. The van der Waals surface area contributed by atoms with Crippen molar-refractivity contribution in [2.45, 2.75) is 0 Å². The molecular formula is C5H5BClNO3. The summed E-state index contributed by atoms with van der Waals surface area (Å²) in [6.07, 6.45) is 1.05. The first kappa shape index (κ1) is 8.32. The molecule has 58 valence electrons. The van der Waals surface area contributed by atoms with Gasteiger partial charge in [-0.1, -0.05) is 11.6 Å². The van der Waals surface area contributed by atoms with Gasteiger partial charge >= 0.3 is 7.12 Å². The molecule has 0 saturated carbocycles. The van der Waals surface area contributed by atoms with Crippen LogP contribution in [0.2, 0.25) is 5.15 Å². The summed E-state index contributed by atoms with van der Waals surface area (Å²) in [7, 11) is -1.73. The number of nitrogens with zero attached hydrogens (tertiary/aromatic N) is 1. The molecule has 1 rings (SSSR count). The molecule has 0 amide bonds. The molecule has 0 atom stereocenters. The van der Waals surface area contributed by atoms with Crippen LogP contribution in [-0.2, 0) is 0 Å². The molecule has 0 radical (unpaired) electrons. The molecule has 1 aromatic rings. The lowest BCUT2D eigenvalue weighted by Crippen LogP contribution is -2.30. The third kappa shape index (κ3) is 1.83. The Kier molecular flexibility index (Phi) is 2.33. The second-order valence-corrected chi connectivity index (χ2v) is 2.33. The number of aromatic hydroxyl groups is 1. The maximum absolute atomic E-state index is 8.96. The average Bonchev–Trinajstić information content (AvgIpc) is 1.94. The molecule has 0 spiro atoms. The first-order valence-corrected chi connectivity index (χ1v) is 3.19. The molecule has 0 saturated heterocycles. The van der Waals surface area contributed by atoms with Gasteiger partial charge in [0.1, 0.15) is 10.9 Å². The van der Waals surface area contributed by atoms with Gasteiger partial charge in [0.25, 0.3) is 0 Å². The lowest BCUT2D eigenvalue weighted by molar-refractivity contribution is 0.419. The van der Waals surface area contributed by atoms with Crippen molar-refractivity contribution >= 4 is 24.2 Å². The van der Waals surface area contributed by atoms with Crippen molar-refractivity contribution in [1.29, 1.82) is 0 Å². The molecule has 0 aliphatic heterocycles. The summed E-state index contributed by atoms with van der Waals surface area (Å²) in [6.45, 7) is 0. The molecule has 0 aliphatic carbocycles. The van der Waals surface area contributed by atoms with Gasteiger partial charge in [0, 0.05) is 5.46 Å². The summed E-state index contributed by atoms with van der Waals surface area (Å²) in [4.78, 5) is 3.51. The van der Waals surface area contributed by atoms with E-state index in [-0.39, 0.29) is 16.4 Å². The number of halogens is 1. The first-order valence-electron chi connectivity index (χ1n) is 2.82. The minimum Gasteiger partial charge on any atom is -0.507 e. The van der Waals surface area contributed by atoms with E-state index < -0.39 is 7.12 Å². The van der Waals surface area contributed by atoms with E-state index in [9.17, 15) is 0 Å². The molecule has 0 aliphatic rings. The summed E-state index contributed by atoms with van der Waals surface area (Å²) in [5, 5.41) is 26.3. The van der Waals surface area contributed by atoms with Gasteiger partial charge in [-0.15, -0.1) is 0 Å². The zero-order chi connectivity index (χ0) is 8.43. The van der Waals surface area contributed by atoms with Crippen LogP contribution in [0.4, 0.5) is 0 Å². The summed E-state index contributed by atoms with van der Waals surface area (Å²) in [5.74, 6) is -0.288. The van der Waals surface area contributed by atoms with Gasteiger partial charge in [-0.3, -0.25) is 0 Å². The van der Waals surface area contributed by atoms with E-state index >= 15 is 0 Å². The van der Waals surface area contributed by atoms with E-state index in [1.807, 2.05) is 0 Å². The lowest BCUT2D eigenvalue weighted by Gasteiger charge is -2.01. The monoisotopic (exact) mass is 173 g/mol. The Morgan fingerprint density at radius 1 is 1.45 bits per heavy atom. The van der Waals surface area contributed by atoms with Crippen molar-refractivity contribution in [3.05, 3.63) is 17.4 Å². The summed E-state index contributed by atoms with van der Waals surface area (Å²) < 4.78 is 0. The van der Waals surface area contributed by atoms with Gasteiger partial charge in [-0.05, 0) is 6.07 Å².